The summed E-state index contributed by atoms with van der Waals surface area (Å²) in [7, 11) is 1.86. The molecule has 0 aliphatic rings. The van der Waals surface area contributed by atoms with E-state index in [0.717, 1.165) is 22.3 Å². The van der Waals surface area contributed by atoms with Crippen LogP contribution in [0.15, 0.2) is 85.3 Å². The molecule has 0 bridgehead atoms. The average molecular weight is 429 g/mol. The fourth-order valence-corrected chi connectivity index (χ4v) is 3.43. The van der Waals surface area contributed by atoms with Crippen molar-refractivity contribution in [2.24, 2.45) is 7.05 Å². The van der Waals surface area contributed by atoms with E-state index in [1.54, 1.807) is 35.3 Å². The quantitative estimate of drug-likeness (QED) is 0.442. The second-order valence-corrected chi connectivity index (χ2v) is 7.50. The molecule has 1 amide bonds. The summed E-state index contributed by atoms with van der Waals surface area (Å²) in [6.45, 7) is 0.561. The molecule has 2 heterocycles. The molecule has 0 aliphatic carbocycles. The fourth-order valence-electron chi connectivity index (χ4n) is 3.43. The normalized spacial score (nSPS) is 11.8. The van der Waals surface area contributed by atoms with E-state index in [2.05, 4.69) is 20.7 Å². The smallest absolute Gasteiger partial charge is 0.247 e. The summed E-state index contributed by atoms with van der Waals surface area (Å²) in [5.74, 6) is 0.0196. The fraction of sp³-hybridized carbons (Fsp3) is 0.160. The van der Waals surface area contributed by atoms with Crippen LogP contribution >= 0.6 is 0 Å². The van der Waals surface area contributed by atoms with Gasteiger partial charge in [-0.3, -0.25) is 9.48 Å². The van der Waals surface area contributed by atoms with Crippen molar-refractivity contribution in [1.29, 1.82) is 0 Å². The largest absolute Gasteiger partial charge is 0.309 e. The van der Waals surface area contributed by atoms with Gasteiger partial charge in [0.15, 0.2) is 0 Å². The lowest BCUT2D eigenvalue weighted by molar-refractivity contribution is -0.118. The summed E-state index contributed by atoms with van der Waals surface area (Å²) >= 11 is 0. The Morgan fingerprint density at radius 2 is 1.78 bits per heavy atom. The van der Waals surface area contributed by atoms with Crippen molar-refractivity contribution in [3.05, 3.63) is 102 Å². The molecule has 6 nitrogen and oxygen atoms in total. The molecular formula is C25H24FN5O. The third-order valence-corrected chi connectivity index (χ3v) is 5.12. The zero-order valence-electron chi connectivity index (χ0n) is 17.7. The molecule has 7 heteroatoms. The van der Waals surface area contributed by atoms with Crippen LogP contribution in [0.4, 0.5) is 10.2 Å². The first kappa shape index (κ1) is 21.4. The highest BCUT2D eigenvalue weighted by Gasteiger charge is 2.20. The van der Waals surface area contributed by atoms with E-state index in [1.807, 2.05) is 49.6 Å². The van der Waals surface area contributed by atoms with Gasteiger partial charge in [-0.2, -0.15) is 5.10 Å². The summed E-state index contributed by atoms with van der Waals surface area (Å²) in [6, 6.07) is 19.1. The number of carbonyl (C=O) groups excluding carboxylic acids is 1. The number of aryl methyl sites for hydroxylation is 1. The predicted octanol–water partition coefficient (Wildman–Crippen LogP) is 4.13. The summed E-state index contributed by atoms with van der Waals surface area (Å²) < 4.78 is 14.8. The number of pyridine rings is 1. The molecule has 0 radical (unpaired) electrons. The zero-order chi connectivity index (χ0) is 22.3. The van der Waals surface area contributed by atoms with Gasteiger partial charge < -0.3 is 10.6 Å². The van der Waals surface area contributed by atoms with Crippen molar-refractivity contribution in [2.45, 2.75) is 12.5 Å². The zero-order valence-corrected chi connectivity index (χ0v) is 17.7. The third-order valence-electron chi connectivity index (χ3n) is 5.12. The van der Waals surface area contributed by atoms with Gasteiger partial charge in [0.2, 0.25) is 5.91 Å². The van der Waals surface area contributed by atoms with Crippen LogP contribution < -0.4 is 10.6 Å². The maximum absolute atomic E-state index is 13.1. The molecule has 0 spiro atoms. The van der Waals surface area contributed by atoms with E-state index in [-0.39, 0.29) is 11.7 Å². The van der Waals surface area contributed by atoms with Crippen LogP contribution in [0.3, 0.4) is 0 Å². The standard InChI is InChI=1S/C25H24FN5O/c1-31-17-21(16-29-31)20-9-12-23(28-15-20)30-25(32)24(19-5-3-2-4-6-19)27-14-13-18-7-10-22(26)11-8-18/h2-12,15-17,24,27H,13-14H2,1H3,(H,28,30,32). The first-order chi connectivity index (χ1) is 15.6. The van der Waals surface area contributed by atoms with Crippen LogP contribution in [0.1, 0.15) is 17.2 Å². The monoisotopic (exact) mass is 429 g/mol. The van der Waals surface area contributed by atoms with Crippen LogP contribution in [0.5, 0.6) is 0 Å². The molecule has 0 saturated heterocycles. The molecule has 2 N–H and O–H groups in total. The predicted molar refractivity (Wildman–Crippen MR) is 122 cm³/mol. The number of anilines is 1. The van der Waals surface area contributed by atoms with Crippen molar-refractivity contribution in [3.63, 3.8) is 0 Å². The van der Waals surface area contributed by atoms with Gasteiger partial charge in [-0.25, -0.2) is 9.37 Å². The number of carbonyl (C=O) groups is 1. The lowest BCUT2D eigenvalue weighted by Gasteiger charge is -2.19. The van der Waals surface area contributed by atoms with Gasteiger partial charge >= 0.3 is 0 Å². The number of nitrogens with zero attached hydrogens (tertiary/aromatic N) is 3. The maximum atomic E-state index is 13.1. The van der Waals surface area contributed by atoms with Gasteiger partial charge in [0, 0.05) is 37.1 Å². The maximum Gasteiger partial charge on any atom is 0.247 e. The van der Waals surface area contributed by atoms with Gasteiger partial charge in [0.25, 0.3) is 0 Å². The van der Waals surface area contributed by atoms with Crippen LogP contribution in [0, 0.1) is 5.82 Å². The van der Waals surface area contributed by atoms with Crippen LogP contribution in [0.25, 0.3) is 11.1 Å². The number of nitrogens with one attached hydrogen (secondary N) is 2. The number of amides is 1. The topological polar surface area (TPSA) is 71.8 Å². The highest BCUT2D eigenvalue weighted by molar-refractivity contribution is 5.94. The van der Waals surface area contributed by atoms with Crippen LogP contribution in [-0.4, -0.2) is 27.2 Å². The van der Waals surface area contributed by atoms with Gasteiger partial charge in [0.05, 0.1) is 6.20 Å². The first-order valence-corrected chi connectivity index (χ1v) is 10.4. The Kier molecular flexibility index (Phi) is 6.67. The summed E-state index contributed by atoms with van der Waals surface area (Å²) in [4.78, 5) is 17.5. The summed E-state index contributed by atoms with van der Waals surface area (Å²) in [5.41, 5.74) is 3.74. The Morgan fingerprint density at radius 1 is 1.00 bits per heavy atom. The Morgan fingerprint density at radius 3 is 2.44 bits per heavy atom. The SMILES string of the molecule is Cn1cc(-c2ccc(NC(=O)C(NCCc3ccc(F)cc3)c3ccccc3)nc2)cn1. The third kappa shape index (κ3) is 5.44. The molecule has 162 valence electrons. The molecule has 0 fully saturated rings. The van der Waals surface area contributed by atoms with E-state index in [1.165, 1.54) is 12.1 Å². The second-order valence-electron chi connectivity index (χ2n) is 7.50. The number of halogens is 1. The van der Waals surface area contributed by atoms with Gasteiger partial charge in [0.1, 0.15) is 17.7 Å². The van der Waals surface area contributed by atoms with Crippen molar-refractivity contribution >= 4 is 11.7 Å². The molecule has 0 saturated carbocycles. The van der Waals surface area contributed by atoms with Gasteiger partial charge in [-0.15, -0.1) is 0 Å². The number of hydrogen-bond donors (Lipinski definition) is 2. The van der Waals surface area contributed by atoms with Crippen molar-refractivity contribution in [2.75, 3.05) is 11.9 Å². The number of rotatable bonds is 8. The van der Waals surface area contributed by atoms with Gasteiger partial charge in [-0.05, 0) is 41.8 Å². The lowest BCUT2D eigenvalue weighted by atomic mass is 10.1. The molecule has 4 rings (SSSR count). The minimum absolute atomic E-state index is 0.197. The van der Waals surface area contributed by atoms with E-state index >= 15 is 0 Å². The number of aromatic nitrogens is 3. The molecular weight excluding hydrogens is 405 g/mol. The number of benzene rings is 2. The molecule has 4 aromatic rings. The molecule has 1 unspecified atom stereocenters. The lowest BCUT2D eigenvalue weighted by Crippen LogP contribution is -2.34. The van der Waals surface area contributed by atoms with E-state index < -0.39 is 6.04 Å². The average Bonchev–Trinajstić information content (AvgIpc) is 3.25. The molecule has 32 heavy (non-hydrogen) atoms. The summed E-state index contributed by atoms with van der Waals surface area (Å²) in [6.07, 6.45) is 6.07. The Hall–Kier alpha value is -3.84. The molecule has 2 aromatic heterocycles. The van der Waals surface area contributed by atoms with Crippen molar-refractivity contribution < 1.29 is 9.18 Å². The Labute approximate surface area is 186 Å². The van der Waals surface area contributed by atoms with Crippen molar-refractivity contribution in [1.82, 2.24) is 20.1 Å². The van der Waals surface area contributed by atoms with E-state index in [9.17, 15) is 9.18 Å². The molecule has 0 aliphatic heterocycles. The van der Waals surface area contributed by atoms with Crippen molar-refractivity contribution in [3.8, 4) is 11.1 Å². The summed E-state index contributed by atoms with van der Waals surface area (Å²) in [5, 5.41) is 10.4. The Bertz CT molecular complexity index is 1160. The van der Waals surface area contributed by atoms with Crippen LogP contribution in [-0.2, 0) is 18.3 Å². The minimum atomic E-state index is -0.545. The molecule has 2 aromatic carbocycles. The van der Waals surface area contributed by atoms with E-state index in [4.69, 9.17) is 0 Å². The molecule has 1 atom stereocenters. The highest BCUT2D eigenvalue weighted by atomic mass is 19.1. The Balaban J connectivity index is 1.43. The van der Waals surface area contributed by atoms with E-state index in [0.29, 0.717) is 18.8 Å². The first-order valence-electron chi connectivity index (χ1n) is 10.4. The minimum Gasteiger partial charge on any atom is -0.309 e. The highest BCUT2D eigenvalue weighted by Crippen LogP contribution is 2.20. The second kappa shape index (κ2) is 9.98. The van der Waals surface area contributed by atoms with Crippen LogP contribution in [0.2, 0.25) is 0 Å². The number of hydrogen-bond acceptors (Lipinski definition) is 4. The van der Waals surface area contributed by atoms with Gasteiger partial charge in [-0.1, -0.05) is 42.5 Å².